The highest BCUT2D eigenvalue weighted by Gasteiger charge is 2.14. The van der Waals surface area contributed by atoms with Crippen LogP contribution in [0.5, 0.6) is 5.75 Å². The number of carbonyl (C=O) groups is 1. The van der Waals surface area contributed by atoms with Gasteiger partial charge in [0.25, 0.3) is 0 Å². The number of para-hydroxylation sites is 2. The molecule has 6 nitrogen and oxygen atoms in total. The maximum absolute atomic E-state index is 12.2. The third kappa shape index (κ3) is 4.03. The second-order valence-electron chi connectivity index (χ2n) is 5.80. The summed E-state index contributed by atoms with van der Waals surface area (Å²) >= 11 is 0. The van der Waals surface area contributed by atoms with Gasteiger partial charge in [0.1, 0.15) is 5.75 Å². The van der Waals surface area contributed by atoms with Gasteiger partial charge in [0.05, 0.1) is 36.6 Å². The topological polar surface area (TPSA) is 68.5 Å². The molecule has 0 bridgehead atoms. The van der Waals surface area contributed by atoms with Gasteiger partial charge in [-0.2, -0.15) is 5.10 Å². The van der Waals surface area contributed by atoms with Gasteiger partial charge in [-0.3, -0.25) is 4.79 Å². The fourth-order valence-corrected chi connectivity index (χ4v) is 2.54. The van der Waals surface area contributed by atoms with Crippen molar-refractivity contribution in [2.75, 3.05) is 7.11 Å². The Morgan fingerprint density at radius 1 is 1.32 bits per heavy atom. The molecule has 0 saturated carbocycles. The number of hydrazone groups is 1. The van der Waals surface area contributed by atoms with Crippen LogP contribution in [0.15, 0.2) is 60.0 Å². The third-order valence-corrected chi connectivity index (χ3v) is 3.93. The monoisotopic (exact) mass is 336 g/mol. The molecule has 0 radical (unpaired) electrons. The van der Waals surface area contributed by atoms with Gasteiger partial charge in [-0.15, -0.1) is 0 Å². The molecule has 0 unspecified atom stereocenters. The molecule has 3 aromatic rings. The lowest BCUT2D eigenvalue weighted by Crippen LogP contribution is -2.27. The maximum atomic E-state index is 12.2. The molecule has 25 heavy (non-hydrogen) atoms. The van der Waals surface area contributed by atoms with Gasteiger partial charge >= 0.3 is 0 Å². The van der Waals surface area contributed by atoms with Crippen molar-refractivity contribution in [2.45, 2.75) is 13.5 Å². The van der Waals surface area contributed by atoms with Crippen LogP contribution in [0, 0.1) is 5.92 Å². The second-order valence-corrected chi connectivity index (χ2v) is 5.80. The van der Waals surface area contributed by atoms with E-state index in [-0.39, 0.29) is 11.8 Å². The predicted molar refractivity (Wildman–Crippen MR) is 97.6 cm³/mol. The van der Waals surface area contributed by atoms with Crippen molar-refractivity contribution in [1.29, 1.82) is 0 Å². The van der Waals surface area contributed by atoms with E-state index in [1.54, 1.807) is 19.7 Å². The molecule has 0 aliphatic carbocycles. The number of rotatable bonds is 6. The van der Waals surface area contributed by atoms with Crippen LogP contribution in [-0.4, -0.2) is 28.8 Å². The summed E-state index contributed by atoms with van der Waals surface area (Å²) in [7, 11) is 1.61. The van der Waals surface area contributed by atoms with Crippen LogP contribution in [-0.2, 0) is 11.3 Å². The zero-order valence-electron chi connectivity index (χ0n) is 14.2. The molecule has 1 atom stereocenters. The minimum absolute atomic E-state index is 0.142. The lowest BCUT2D eigenvalue weighted by molar-refractivity contribution is -0.124. The van der Waals surface area contributed by atoms with Crippen LogP contribution in [0.3, 0.4) is 0 Å². The molecular weight excluding hydrogens is 316 g/mol. The molecule has 0 aliphatic rings. The highest BCUT2D eigenvalue weighted by atomic mass is 16.5. The average Bonchev–Trinajstić information content (AvgIpc) is 3.05. The van der Waals surface area contributed by atoms with Crippen molar-refractivity contribution in [3.05, 3.63) is 60.4 Å². The number of amides is 1. The Labute approximate surface area is 146 Å². The predicted octanol–water partition coefficient (Wildman–Crippen LogP) is 2.83. The first-order valence-corrected chi connectivity index (χ1v) is 8.04. The van der Waals surface area contributed by atoms with Gasteiger partial charge in [0, 0.05) is 6.54 Å². The molecule has 2 aromatic carbocycles. The molecule has 1 N–H and O–H groups in total. The fraction of sp³-hybridized carbons (Fsp3) is 0.211. The number of carbonyl (C=O) groups excluding carboxylic acids is 1. The zero-order chi connectivity index (χ0) is 17.6. The minimum Gasteiger partial charge on any atom is -0.497 e. The summed E-state index contributed by atoms with van der Waals surface area (Å²) in [6.07, 6.45) is 3.35. The molecule has 1 amide bonds. The highest BCUT2D eigenvalue weighted by Crippen LogP contribution is 2.14. The van der Waals surface area contributed by atoms with Gasteiger partial charge < -0.3 is 9.30 Å². The van der Waals surface area contributed by atoms with Crippen molar-refractivity contribution in [1.82, 2.24) is 15.0 Å². The first-order valence-electron chi connectivity index (χ1n) is 8.04. The molecule has 1 heterocycles. The number of hydrogen-bond acceptors (Lipinski definition) is 4. The van der Waals surface area contributed by atoms with E-state index >= 15 is 0 Å². The zero-order valence-corrected chi connectivity index (χ0v) is 14.2. The molecule has 0 aliphatic heterocycles. The smallest absolute Gasteiger partial charge is 0.244 e. The maximum Gasteiger partial charge on any atom is 0.244 e. The highest BCUT2D eigenvalue weighted by molar-refractivity contribution is 5.83. The van der Waals surface area contributed by atoms with Crippen LogP contribution in [0.25, 0.3) is 11.0 Å². The SMILES string of the molecule is COc1cccc(/C=N\NC(=O)[C@H](C)Cn2cnc3ccccc32)c1. The van der Waals surface area contributed by atoms with Gasteiger partial charge in [0.15, 0.2) is 0 Å². The van der Waals surface area contributed by atoms with Crippen LogP contribution in [0.2, 0.25) is 0 Å². The summed E-state index contributed by atoms with van der Waals surface area (Å²) < 4.78 is 7.13. The lowest BCUT2D eigenvalue weighted by Gasteiger charge is -2.11. The summed E-state index contributed by atoms with van der Waals surface area (Å²) in [5.74, 6) is 0.368. The molecule has 0 spiro atoms. The van der Waals surface area contributed by atoms with Gasteiger partial charge in [0.2, 0.25) is 5.91 Å². The van der Waals surface area contributed by atoms with E-state index in [9.17, 15) is 4.79 Å². The number of ether oxygens (including phenoxy) is 1. The summed E-state index contributed by atoms with van der Waals surface area (Å²) in [4.78, 5) is 16.6. The minimum atomic E-state index is -0.236. The van der Waals surface area contributed by atoms with Crippen LogP contribution >= 0.6 is 0 Å². The van der Waals surface area contributed by atoms with Crippen LogP contribution in [0.4, 0.5) is 0 Å². The lowest BCUT2D eigenvalue weighted by atomic mass is 10.1. The average molecular weight is 336 g/mol. The summed E-state index contributed by atoms with van der Waals surface area (Å²) in [5.41, 5.74) is 5.38. The van der Waals surface area contributed by atoms with Gasteiger partial charge in [-0.05, 0) is 29.8 Å². The number of benzene rings is 2. The molecule has 1 aromatic heterocycles. The summed E-state index contributed by atoms with van der Waals surface area (Å²) in [6, 6.07) is 15.3. The quantitative estimate of drug-likeness (QED) is 0.556. The number of hydrogen-bond donors (Lipinski definition) is 1. The number of nitrogens with zero attached hydrogens (tertiary/aromatic N) is 3. The molecule has 6 heteroatoms. The van der Waals surface area contributed by atoms with E-state index in [0.717, 1.165) is 22.3 Å². The Kier molecular flexibility index (Phi) is 5.09. The molecule has 0 fully saturated rings. The van der Waals surface area contributed by atoms with E-state index in [1.165, 1.54) is 0 Å². The fourth-order valence-electron chi connectivity index (χ4n) is 2.54. The van der Waals surface area contributed by atoms with E-state index in [4.69, 9.17) is 4.74 Å². The van der Waals surface area contributed by atoms with E-state index in [0.29, 0.717) is 6.54 Å². The Morgan fingerprint density at radius 2 is 2.16 bits per heavy atom. The van der Waals surface area contributed by atoms with Crippen molar-refractivity contribution in [2.24, 2.45) is 11.0 Å². The Bertz CT molecular complexity index is 901. The van der Waals surface area contributed by atoms with Crippen LogP contribution < -0.4 is 10.2 Å². The number of aromatic nitrogens is 2. The third-order valence-electron chi connectivity index (χ3n) is 3.93. The molecule has 0 saturated heterocycles. The number of imidazole rings is 1. The molecule has 128 valence electrons. The van der Waals surface area contributed by atoms with Crippen molar-refractivity contribution in [3.63, 3.8) is 0 Å². The second kappa shape index (κ2) is 7.61. The molecular formula is C19H20N4O2. The Hall–Kier alpha value is -3.15. The van der Waals surface area contributed by atoms with E-state index in [2.05, 4.69) is 15.5 Å². The first-order chi connectivity index (χ1) is 12.2. The van der Waals surface area contributed by atoms with Crippen LogP contribution in [0.1, 0.15) is 12.5 Å². The largest absolute Gasteiger partial charge is 0.497 e. The number of methoxy groups -OCH3 is 1. The van der Waals surface area contributed by atoms with Gasteiger partial charge in [-0.1, -0.05) is 31.2 Å². The Balaban J connectivity index is 1.60. The number of nitrogens with one attached hydrogen (secondary N) is 1. The molecule has 3 rings (SSSR count). The standard InChI is InChI=1S/C19H20N4O2/c1-14(12-23-13-20-17-8-3-4-9-18(17)23)19(24)22-21-11-15-6-5-7-16(10-15)25-2/h3-11,13-14H,12H2,1-2H3,(H,22,24)/b21-11-/t14-/m1/s1. The summed E-state index contributed by atoms with van der Waals surface area (Å²) in [5, 5.41) is 4.02. The van der Waals surface area contributed by atoms with E-state index < -0.39 is 0 Å². The summed E-state index contributed by atoms with van der Waals surface area (Å²) in [6.45, 7) is 2.41. The van der Waals surface area contributed by atoms with Crippen molar-refractivity contribution in [3.8, 4) is 5.75 Å². The number of fused-ring (bicyclic) bond motifs is 1. The Morgan fingerprint density at radius 3 is 3.00 bits per heavy atom. The first kappa shape index (κ1) is 16.7. The van der Waals surface area contributed by atoms with E-state index in [1.807, 2.05) is 60.0 Å². The van der Waals surface area contributed by atoms with Crippen molar-refractivity contribution < 1.29 is 9.53 Å². The van der Waals surface area contributed by atoms with Crippen molar-refractivity contribution >= 4 is 23.2 Å². The normalized spacial score (nSPS) is 12.4. The van der Waals surface area contributed by atoms with Gasteiger partial charge in [-0.25, -0.2) is 10.4 Å².